The van der Waals surface area contributed by atoms with Gasteiger partial charge in [-0.1, -0.05) is 36.4 Å². The van der Waals surface area contributed by atoms with Gasteiger partial charge in [0.15, 0.2) is 4.77 Å². The average Bonchev–Trinajstić information content (AvgIpc) is 2.48. The molecule has 5 heteroatoms. The van der Waals surface area contributed by atoms with Crippen molar-refractivity contribution in [3.05, 3.63) is 75.0 Å². The lowest BCUT2D eigenvalue weighted by Crippen LogP contribution is -2.16. The summed E-state index contributed by atoms with van der Waals surface area (Å²) in [4.78, 5) is 14.4. The van der Waals surface area contributed by atoms with Gasteiger partial charge in [-0.15, -0.1) is 12.3 Å². The van der Waals surface area contributed by atoms with Gasteiger partial charge in [-0.05, 0) is 29.9 Å². The minimum absolute atomic E-state index is 0.109. The van der Waals surface area contributed by atoms with E-state index in [0.717, 1.165) is 5.56 Å². The third-order valence-electron chi connectivity index (χ3n) is 2.80. The van der Waals surface area contributed by atoms with Crippen molar-refractivity contribution >= 4 is 24.4 Å². The first-order valence-electron chi connectivity index (χ1n) is 6.28. The average molecular weight is 298 g/mol. The number of benzene rings is 1. The Kier molecular flexibility index (Phi) is 4.72. The number of allylic oxidation sites excluding steroid dienone is 1. The minimum atomic E-state index is -0.452. The van der Waals surface area contributed by atoms with Crippen LogP contribution in [0.2, 0.25) is 0 Å². The van der Waals surface area contributed by atoms with Crippen LogP contribution < -0.4 is 5.56 Å². The van der Waals surface area contributed by atoms with Gasteiger partial charge in [-0.2, -0.15) is 0 Å². The molecule has 0 saturated carbocycles. The quantitative estimate of drug-likeness (QED) is 0.518. The largest absolute Gasteiger partial charge is 0.494 e. The van der Waals surface area contributed by atoms with E-state index < -0.39 is 5.56 Å². The zero-order chi connectivity index (χ0) is 15.2. The predicted octanol–water partition coefficient (Wildman–Crippen LogP) is 3.12. The van der Waals surface area contributed by atoms with Gasteiger partial charge in [-0.3, -0.25) is 14.3 Å². The molecule has 0 radical (unpaired) electrons. The summed E-state index contributed by atoms with van der Waals surface area (Å²) in [5.74, 6) is -0.197. The van der Waals surface area contributed by atoms with Crippen molar-refractivity contribution in [2.24, 2.45) is 0 Å². The summed E-state index contributed by atoms with van der Waals surface area (Å²) < 4.78 is 1.54. The van der Waals surface area contributed by atoms with Gasteiger partial charge in [0.25, 0.3) is 5.56 Å². The van der Waals surface area contributed by atoms with Crippen LogP contribution in [0.5, 0.6) is 5.88 Å². The summed E-state index contributed by atoms with van der Waals surface area (Å²) in [6.45, 7) is 3.90. The number of rotatable bonds is 4. The number of nitrogens with zero attached hydrogens (tertiary/aromatic N) is 1. The number of aromatic amines is 1. The molecule has 0 aliphatic heterocycles. The molecule has 0 bridgehead atoms. The molecular formula is C16H14N2O2S. The summed E-state index contributed by atoms with van der Waals surface area (Å²) in [6, 6.07) is 9.55. The first-order valence-corrected chi connectivity index (χ1v) is 6.69. The van der Waals surface area contributed by atoms with Crippen molar-refractivity contribution in [1.29, 1.82) is 0 Å². The van der Waals surface area contributed by atoms with Gasteiger partial charge in [0.1, 0.15) is 5.56 Å². The van der Waals surface area contributed by atoms with Gasteiger partial charge in [0.2, 0.25) is 5.88 Å². The molecule has 0 fully saturated rings. The van der Waals surface area contributed by atoms with Gasteiger partial charge in [0, 0.05) is 6.54 Å². The van der Waals surface area contributed by atoms with E-state index in [2.05, 4.69) is 17.3 Å². The first kappa shape index (κ1) is 14.8. The molecule has 1 aromatic carbocycles. The SMILES string of the molecule is C=CCn1c(O)c(C=C=Cc2ccccc2)c(=O)[nH]c1=S. The minimum Gasteiger partial charge on any atom is -0.494 e. The maximum absolute atomic E-state index is 11.9. The smallest absolute Gasteiger partial charge is 0.263 e. The fraction of sp³-hybridized carbons (Fsp3) is 0.0625. The summed E-state index contributed by atoms with van der Waals surface area (Å²) in [5.41, 5.74) is 3.49. The van der Waals surface area contributed by atoms with Crippen LogP contribution in [0.1, 0.15) is 11.1 Å². The Balaban J connectivity index is 2.47. The number of H-pyrrole nitrogens is 1. The number of hydrogen-bond donors (Lipinski definition) is 2. The van der Waals surface area contributed by atoms with Crippen LogP contribution >= 0.6 is 12.2 Å². The summed E-state index contributed by atoms with van der Waals surface area (Å²) in [5, 5.41) is 10.1. The topological polar surface area (TPSA) is 58.0 Å². The van der Waals surface area contributed by atoms with E-state index in [1.165, 1.54) is 10.6 Å². The fourth-order valence-electron chi connectivity index (χ4n) is 1.77. The zero-order valence-electron chi connectivity index (χ0n) is 11.2. The van der Waals surface area contributed by atoms with E-state index in [1.807, 2.05) is 30.3 Å². The van der Waals surface area contributed by atoms with Crippen molar-refractivity contribution in [1.82, 2.24) is 9.55 Å². The molecule has 2 N–H and O–H groups in total. The van der Waals surface area contributed by atoms with Gasteiger partial charge >= 0.3 is 0 Å². The molecule has 0 unspecified atom stereocenters. The molecule has 2 aromatic rings. The summed E-state index contributed by atoms with van der Waals surface area (Å²) in [6.07, 6.45) is 4.73. The second kappa shape index (κ2) is 6.70. The molecule has 2 rings (SSSR count). The monoisotopic (exact) mass is 298 g/mol. The van der Waals surface area contributed by atoms with E-state index in [1.54, 1.807) is 12.2 Å². The highest BCUT2D eigenvalue weighted by molar-refractivity contribution is 7.71. The van der Waals surface area contributed by atoms with Crippen LogP contribution in [0.25, 0.3) is 12.2 Å². The van der Waals surface area contributed by atoms with E-state index >= 15 is 0 Å². The van der Waals surface area contributed by atoms with Crippen molar-refractivity contribution < 1.29 is 5.11 Å². The van der Waals surface area contributed by atoms with Gasteiger partial charge < -0.3 is 5.11 Å². The van der Waals surface area contributed by atoms with Crippen molar-refractivity contribution in [2.45, 2.75) is 6.54 Å². The Morgan fingerprint density at radius 1 is 1.33 bits per heavy atom. The standard InChI is InChI=1S/C16H14N2O2S/c1-2-11-18-15(20)13(14(19)17-16(18)21)10-6-9-12-7-4-3-5-8-12/h2-5,7-10,20H,1,11H2,(H,17,19,21). The second-order valence-corrected chi connectivity index (χ2v) is 4.65. The number of aromatic hydroxyl groups is 1. The molecule has 1 aromatic heterocycles. The molecule has 0 aliphatic rings. The van der Waals surface area contributed by atoms with Crippen LogP contribution in [0.15, 0.2) is 53.5 Å². The van der Waals surface area contributed by atoms with Gasteiger partial charge in [0.05, 0.1) is 0 Å². The second-order valence-electron chi connectivity index (χ2n) is 4.26. The summed E-state index contributed by atoms with van der Waals surface area (Å²) in [7, 11) is 0. The molecule has 21 heavy (non-hydrogen) atoms. The van der Waals surface area contributed by atoms with Crippen molar-refractivity contribution in [2.75, 3.05) is 0 Å². The Labute approximate surface area is 127 Å². The first-order chi connectivity index (χ1) is 10.1. The maximum Gasteiger partial charge on any atom is 0.263 e. The van der Waals surface area contributed by atoms with Crippen molar-refractivity contribution in [3.8, 4) is 5.88 Å². The van der Waals surface area contributed by atoms with E-state index in [-0.39, 0.29) is 16.2 Å². The number of aromatic nitrogens is 2. The van der Waals surface area contributed by atoms with Crippen LogP contribution in [0.3, 0.4) is 0 Å². The number of nitrogens with one attached hydrogen (secondary N) is 1. The molecule has 0 aliphatic carbocycles. The Bertz CT molecular complexity index is 826. The molecular weight excluding hydrogens is 284 g/mol. The lowest BCUT2D eigenvalue weighted by Gasteiger charge is -2.07. The van der Waals surface area contributed by atoms with E-state index in [0.29, 0.717) is 6.54 Å². The van der Waals surface area contributed by atoms with Crippen LogP contribution in [-0.2, 0) is 6.54 Å². The highest BCUT2D eigenvalue weighted by Crippen LogP contribution is 2.14. The Hall–Kier alpha value is -2.62. The van der Waals surface area contributed by atoms with Crippen LogP contribution in [0, 0.1) is 4.77 Å². The Morgan fingerprint density at radius 2 is 2.05 bits per heavy atom. The molecule has 0 spiro atoms. The lowest BCUT2D eigenvalue weighted by atomic mass is 10.2. The van der Waals surface area contributed by atoms with E-state index in [9.17, 15) is 9.90 Å². The molecule has 0 amide bonds. The summed E-state index contributed by atoms with van der Waals surface area (Å²) >= 11 is 5.00. The highest BCUT2D eigenvalue weighted by atomic mass is 32.1. The zero-order valence-corrected chi connectivity index (χ0v) is 12.1. The van der Waals surface area contributed by atoms with Crippen LogP contribution in [-0.4, -0.2) is 14.7 Å². The third-order valence-corrected chi connectivity index (χ3v) is 3.12. The predicted molar refractivity (Wildman–Crippen MR) is 86.6 cm³/mol. The molecule has 0 saturated heterocycles. The Morgan fingerprint density at radius 3 is 2.71 bits per heavy atom. The van der Waals surface area contributed by atoms with Crippen LogP contribution in [0.4, 0.5) is 0 Å². The van der Waals surface area contributed by atoms with E-state index in [4.69, 9.17) is 12.2 Å². The normalized spacial score (nSPS) is 9.71. The van der Waals surface area contributed by atoms with Crippen molar-refractivity contribution in [3.63, 3.8) is 0 Å². The van der Waals surface area contributed by atoms with Gasteiger partial charge in [-0.25, -0.2) is 0 Å². The maximum atomic E-state index is 11.9. The number of hydrogen-bond acceptors (Lipinski definition) is 3. The molecule has 106 valence electrons. The molecule has 1 heterocycles. The lowest BCUT2D eigenvalue weighted by molar-refractivity contribution is 0.413. The fourth-order valence-corrected chi connectivity index (χ4v) is 2.03. The molecule has 0 atom stereocenters. The molecule has 4 nitrogen and oxygen atoms in total. The highest BCUT2D eigenvalue weighted by Gasteiger charge is 2.08. The third kappa shape index (κ3) is 3.48.